The molecule has 0 heterocycles. The summed E-state index contributed by atoms with van der Waals surface area (Å²) in [5.74, 6) is -1.49. The zero-order valence-electron chi connectivity index (χ0n) is 10.6. The summed E-state index contributed by atoms with van der Waals surface area (Å²) in [6.07, 6.45) is 0. The van der Waals surface area contributed by atoms with Crippen molar-refractivity contribution in [2.45, 2.75) is 4.90 Å². The molecule has 1 aromatic rings. The average molecular weight is 290 g/mol. The van der Waals surface area contributed by atoms with Gasteiger partial charge in [-0.2, -0.15) is 0 Å². The van der Waals surface area contributed by atoms with Gasteiger partial charge in [0.25, 0.3) is 5.91 Å². The van der Waals surface area contributed by atoms with Gasteiger partial charge in [-0.3, -0.25) is 4.79 Å². The minimum absolute atomic E-state index is 0.217. The van der Waals surface area contributed by atoms with E-state index in [2.05, 4.69) is 0 Å². The molecule has 8 heteroatoms. The number of hydrogen-bond donors (Lipinski definition) is 1. The normalized spacial score (nSPS) is 11.4. The maximum absolute atomic E-state index is 13.7. The number of amides is 1. The third-order valence-electron chi connectivity index (χ3n) is 2.48. The van der Waals surface area contributed by atoms with Crippen LogP contribution in [0.3, 0.4) is 0 Å². The molecule has 0 atom stereocenters. The molecule has 0 spiro atoms. The van der Waals surface area contributed by atoms with E-state index < -0.39 is 21.7 Å². The Morgan fingerprint density at radius 1 is 1.47 bits per heavy atom. The van der Waals surface area contributed by atoms with Gasteiger partial charge in [0.05, 0.1) is 17.1 Å². The molecule has 106 valence electrons. The van der Waals surface area contributed by atoms with Crippen molar-refractivity contribution in [3.05, 3.63) is 29.6 Å². The van der Waals surface area contributed by atoms with Crippen molar-refractivity contribution in [1.29, 1.82) is 0 Å². The molecule has 0 saturated heterocycles. The second-order valence-corrected chi connectivity index (χ2v) is 5.47. The zero-order valence-corrected chi connectivity index (χ0v) is 11.4. The number of likely N-dealkylation sites (N-methyl/N-ethyl adjacent to an activating group) is 1. The Labute approximate surface area is 111 Å². The fourth-order valence-electron chi connectivity index (χ4n) is 1.38. The predicted molar refractivity (Wildman–Crippen MR) is 66.6 cm³/mol. The topological polar surface area (TPSA) is 89.7 Å². The SMILES string of the molecule is COCCN(C)C(=O)c1ccc(S(N)(=O)=O)cc1F. The predicted octanol–water partition coefficient (Wildman–Crippen LogP) is 0.192. The van der Waals surface area contributed by atoms with Gasteiger partial charge in [0.2, 0.25) is 10.0 Å². The lowest BCUT2D eigenvalue weighted by Crippen LogP contribution is -2.30. The van der Waals surface area contributed by atoms with Gasteiger partial charge < -0.3 is 9.64 Å². The molecule has 19 heavy (non-hydrogen) atoms. The van der Waals surface area contributed by atoms with Gasteiger partial charge >= 0.3 is 0 Å². The summed E-state index contributed by atoms with van der Waals surface area (Å²) >= 11 is 0. The third-order valence-corrected chi connectivity index (χ3v) is 3.39. The van der Waals surface area contributed by atoms with Gasteiger partial charge in [-0.15, -0.1) is 0 Å². The first-order chi connectivity index (χ1) is 8.77. The highest BCUT2D eigenvalue weighted by Gasteiger charge is 2.18. The molecule has 0 radical (unpaired) electrons. The molecule has 6 nitrogen and oxygen atoms in total. The van der Waals surface area contributed by atoms with Gasteiger partial charge in [-0.05, 0) is 18.2 Å². The van der Waals surface area contributed by atoms with Gasteiger partial charge in [0.15, 0.2) is 0 Å². The summed E-state index contributed by atoms with van der Waals surface area (Å²) < 4.78 is 40.6. The second-order valence-electron chi connectivity index (χ2n) is 3.91. The highest BCUT2D eigenvalue weighted by atomic mass is 32.2. The number of nitrogens with two attached hydrogens (primary N) is 1. The number of methoxy groups -OCH3 is 1. The maximum Gasteiger partial charge on any atom is 0.256 e. The molecule has 0 aliphatic carbocycles. The molecular formula is C11H15FN2O4S. The van der Waals surface area contributed by atoms with Crippen LogP contribution in [0.5, 0.6) is 0 Å². The molecule has 0 saturated carbocycles. The standard InChI is InChI=1S/C11H15FN2O4S/c1-14(5-6-18-2)11(15)9-4-3-8(7-10(9)12)19(13,16)17/h3-4,7H,5-6H2,1-2H3,(H2,13,16,17). The number of nitrogens with zero attached hydrogens (tertiary/aromatic N) is 1. The van der Waals surface area contributed by atoms with Crippen molar-refractivity contribution in [2.24, 2.45) is 5.14 Å². The molecule has 0 aromatic heterocycles. The number of hydrogen-bond acceptors (Lipinski definition) is 4. The van der Waals surface area contributed by atoms with E-state index in [9.17, 15) is 17.6 Å². The number of sulfonamides is 1. The monoisotopic (exact) mass is 290 g/mol. The molecule has 0 aliphatic heterocycles. The Balaban J connectivity index is 3.00. The van der Waals surface area contributed by atoms with Crippen molar-refractivity contribution in [2.75, 3.05) is 27.3 Å². The fraction of sp³-hybridized carbons (Fsp3) is 0.364. The quantitative estimate of drug-likeness (QED) is 0.838. The van der Waals surface area contributed by atoms with E-state index in [0.717, 1.165) is 18.2 Å². The Bertz CT molecular complexity index is 574. The van der Waals surface area contributed by atoms with Gasteiger partial charge in [0, 0.05) is 20.7 Å². The molecular weight excluding hydrogens is 275 g/mol. The van der Waals surface area contributed by atoms with Crippen LogP contribution in [0, 0.1) is 5.82 Å². The second kappa shape index (κ2) is 6.09. The first-order valence-electron chi connectivity index (χ1n) is 5.34. The number of rotatable bonds is 5. The van der Waals surface area contributed by atoms with E-state index >= 15 is 0 Å². The smallest absolute Gasteiger partial charge is 0.256 e. The summed E-state index contributed by atoms with van der Waals surface area (Å²) in [5, 5.41) is 4.87. The number of benzene rings is 1. The van der Waals surface area contributed by atoms with Crippen LogP contribution < -0.4 is 5.14 Å². The van der Waals surface area contributed by atoms with Crippen molar-refractivity contribution < 1.29 is 22.3 Å². The molecule has 0 bridgehead atoms. The van der Waals surface area contributed by atoms with Crippen LogP contribution in [-0.2, 0) is 14.8 Å². The van der Waals surface area contributed by atoms with Crippen LogP contribution in [0.2, 0.25) is 0 Å². The number of primary sulfonamides is 1. The molecule has 0 unspecified atom stereocenters. The van der Waals surface area contributed by atoms with Crippen LogP contribution in [0.1, 0.15) is 10.4 Å². The summed E-state index contributed by atoms with van der Waals surface area (Å²) in [5.41, 5.74) is -0.217. The van der Waals surface area contributed by atoms with E-state index in [4.69, 9.17) is 9.88 Å². The lowest BCUT2D eigenvalue weighted by Gasteiger charge is -2.17. The average Bonchev–Trinajstić information content (AvgIpc) is 2.33. The molecule has 0 fully saturated rings. The van der Waals surface area contributed by atoms with E-state index in [1.807, 2.05) is 0 Å². The first-order valence-corrected chi connectivity index (χ1v) is 6.88. The van der Waals surface area contributed by atoms with Gasteiger partial charge in [0.1, 0.15) is 5.82 Å². The molecule has 1 aromatic carbocycles. The Morgan fingerprint density at radius 3 is 2.58 bits per heavy atom. The van der Waals surface area contributed by atoms with E-state index in [-0.39, 0.29) is 10.5 Å². The maximum atomic E-state index is 13.7. The number of halogens is 1. The van der Waals surface area contributed by atoms with Crippen LogP contribution in [0.4, 0.5) is 4.39 Å². The van der Waals surface area contributed by atoms with E-state index in [1.165, 1.54) is 19.1 Å². The lowest BCUT2D eigenvalue weighted by molar-refractivity contribution is 0.0739. The summed E-state index contributed by atoms with van der Waals surface area (Å²) in [4.78, 5) is 12.8. The number of ether oxygens (including phenoxy) is 1. The van der Waals surface area contributed by atoms with E-state index in [1.54, 1.807) is 0 Å². The summed E-state index contributed by atoms with van der Waals surface area (Å²) in [6, 6.07) is 2.92. The first kappa shape index (κ1) is 15.5. The van der Waals surface area contributed by atoms with Crippen LogP contribution in [0.15, 0.2) is 23.1 Å². The number of carbonyl (C=O) groups excluding carboxylic acids is 1. The Kier molecular flexibility index (Phi) is 4.98. The highest BCUT2D eigenvalue weighted by Crippen LogP contribution is 2.15. The van der Waals surface area contributed by atoms with E-state index in [0.29, 0.717) is 13.2 Å². The van der Waals surface area contributed by atoms with Gasteiger partial charge in [-0.1, -0.05) is 0 Å². The molecule has 1 amide bonds. The Hall–Kier alpha value is -1.51. The third kappa shape index (κ3) is 3.98. The van der Waals surface area contributed by atoms with Crippen molar-refractivity contribution in [3.8, 4) is 0 Å². The molecule has 0 aliphatic rings. The largest absolute Gasteiger partial charge is 0.383 e. The lowest BCUT2D eigenvalue weighted by atomic mass is 10.2. The minimum atomic E-state index is -3.99. The summed E-state index contributed by atoms with van der Waals surface area (Å²) in [6.45, 7) is 0.616. The van der Waals surface area contributed by atoms with Gasteiger partial charge in [-0.25, -0.2) is 17.9 Å². The van der Waals surface area contributed by atoms with Crippen LogP contribution >= 0.6 is 0 Å². The molecule has 2 N–H and O–H groups in total. The van der Waals surface area contributed by atoms with Crippen LogP contribution in [0.25, 0.3) is 0 Å². The zero-order chi connectivity index (χ0) is 14.6. The van der Waals surface area contributed by atoms with Crippen LogP contribution in [-0.4, -0.2) is 46.5 Å². The van der Waals surface area contributed by atoms with Crippen molar-refractivity contribution in [1.82, 2.24) is 4.90 Å². The van der Waals surface area contributed by atoms with Crippen molar-refractivity contribution >= 4 is 15.9 Å². The highest BCUT2D eigenvalue weighted by molar-refractivity contribution is 7.89. The number of carbonyl (C=O) groups is 1. The fourth-order valence-corrected chi connectivity index (χ4v) is 1.91. The van der Waals surface area contributed by atoms with Crippen molar-refractivity contribution in [3.63, 3.8) is 0 Å². The molecule has 1 rings (SSSR count). The summed E-state index contributed by atoms with van der Waals surface area (Å²) in [7, 11) is -1.01. The Morgan fingerprint density at radius 2 is 2.11 bits per heavy atom. The minimum Gasteiger partial charge on any atom is -0.383 e.